The Morgan fingerprint density at radius 2 is 2.03 bits per heavy atom. The fourth-order valence-corrected chi connectivity index (χ4v) is 5.61. The van der Waals surface area contributed by atoms with Gasteiger partial charge < -0.3 is 15.5 Å². The topological polar surface area (TPSA) is 102 Å². The third-order valence-electron chi connectivity index (χ3n) is 6.64. The van der Waals surface area contributed by atoms with Gasteiger partial charge in [-0.25, -0.2) is 4.79 Å². The van der Waals surface area contributed by atoms with Crippen LogP contribution in [0.1, 0.15) is 64.8 Å². The van der Waals surface area contributed by atoms with Gasteiger partial charge in [0.05, 0.1) is 5.56 Å². The van der Waals surface area contributed by atoms with E-state index < -0.39 is 17.4 Å². The van der Waals surface area contributed by atoms with Crippen molar-refractivity contribution in [2.45, 2.75) is 46.5 Å². The van der Waals surface area contributed by atoms with Crippen LogP contribution in [0.3, 0.4) is 0 Å². The normalized spacial score (nSPS) is 16.2. The van der Waals surface area contributed by atoms with E-state index in [2.05, 4.69) is 26.1 Å². The minimum absolute atomic E-state index is 0.106. The van der Waals surface area contributed by atoms with Crippen molar-refractivity contribution in [2.75, 3.05) is 5.32 Å². The van der Waals surface area contributed by atoms with Gasteiger partial charge in [0.15, 0.2) is 0 Å². The van der Waals surface area contributed by atoms with E-state index in [0.717, 1.165) is 36.1 Å². The Balaban J connectivity index is 1.68. The number of fused-ring (bicyclic) bond motifs is 2. The maximum absolute atomic E-state index is 12.9. The Morgan fingerprint density at radius 1 is 1.29 bits per heavy atom. The summed E-state index contributed by atoms with van der Waals surface area (Å²) in [6, 6.07) is 8.51. The van der Waals surface area contributed by atoms with E-state index in [9.17, 15) is 14.4 Å². The average molecular weight is 439 g/mol. The molecule has 7 heteroatoms. The minimum Gasteiger partial charge on any atom is -0.422 e. The first-order valence-corrected chi connectivity index (χ1v) is 11.3. The number of amides is 2. The Hall–Kier alpha value is -2.93. The van der Waals surface area contributed by atoms with Crippen molar-refractivity contribution in [1.29, 1.82) is 0 Å². The number of hydrogen-bond acceptors (Lipinski definition) is 5. The second kappa shape index (κ2) is 7.96. The molecule has 1 aromatic carbocycles. The number of carbonyl (C=O) groups excluding carboxylic acids is 2. The molecule has 2 heterocycles. The van der Waals surface area contributed by atoms with E-state index in [0.29, 0.717) is 27.5 Å². The van der Waals surface area contributed by atoms with Gasteiger partial charge in [0, 0.05) is 10.3 Å². The number of hydrogen-bond donors (Lipinski definition) is 2. The molecule has 0 spiro atoms. The summed E-state index contributed by atoms with van der Waals surface area (Å²) in [5.74, 6) is -0.668. The first-order valence-electron chi connectivity index (χ1n) is 10.5. The molecule has 1 atom stereocenters. The summed E-state index contributed by atoms with van der Waals surface area (Å²) < 4.78 is 5.27. The van der Waals surface area contributed by atoms with Crippen LogP contribution >= 0.6 is 11.3 Å². The zero-order valence-corrected chi connectivity index (χ0v) is 18.7. The lowest BCUT2D eigenvalue weighted by atomic mass is 9.69. The number of nitrogens with two attached hydrogens (primary N) is 1. The zero-order valence-electron chi connectivity index (χ0n) is 17.9. The van der Waals surface area contributed by atoms with Gasteiger partial charge in [-0.05, 0) is 48.3 Å². The van der Waals surface area contributed by atoms with Crippen LogP contribution < -0.4 is 16.7 Å². The number of nitrogens with one attached hydrogen (secondary N) is 1. The summed E-state index contributed by atoms with van der Waals surface area (Å²) in [4.78, 5) is 38.6. The second-order valence-electron chi connectivity index (χ2n) is 8.79. The van der Waals surface area contributed by atoms with E-state index >= 15 is 0 Å². The Labute approximate surface area is 184 Å². The lowest BCUT2D eigenvalue weighted by molar-refractivity contribution is 0.0999. The molecule has 3 aromatic rings. The molecule has 0 saturated heterocycles. The van der Waals surface area contributed by atoms with Gasteiger partial charge in [-0.2, -0.15) is 0 Å². The summed E-state index contributed by atoms with van der Waals surface area (Å²) in [5, 5.41) is 3.82. The molecule has 2 aromatic heterocycles. The highest BCUT2D eigenvalue weighted by atomic mass is 32.1. The lowest BCUT2D eigenvalue weighted by Crippen LogP contribution is -2.29. The van der Waals surface area contributed by atoms with Gasteiger partial charge in [-0.15, -0.1) is 11.3 Å². The number of carbonyl (C=O) groups is 2. The molecule has 0 bridgehead atoms. The van der Waals surface area contributed by atoms with Crippen LogP contribution in [0.2, 0.25) is 0 Å². The van der Waals surface area contributed by atoms with Crippen LogP contribution in [0.25, 0.3) is 11.0 Å². The molecule has 1 aliphatic carbocycles. The molecule has 4 rings (SSSR count). The molecule has 0 fully saturated rings. The summed E-state index contributed by atoms with van der Waals surface area (Å²) in [7, 11) is 0. The van der Waals surface area contributed by atoms with Crippen molar-refractivity contribution in [3.63, 3.8) is 0 Å². The van der Waals surface area contributed by atoms with Crippen LogP contribution in [-0.2, 0) is 12.8 Å². The fourth-order valence-electron chi connectivity index (χ4n) is 4.28. The predicted octanol–water partition coefficient (Wildman–Crippen LogP) is 4.75. The van der Waals surface area contributed by atoms with Crippen molar-refractivity contribution < 1.29 is 14.0 Å². The number of benzene rings is 1. The first kappa shape index (κ1) is 21.3. The van der Waals surface area contributed by atoms with Gasteiger partial charge >= 0.3 is 5.63 Å². The first-order chi connectivity index (χ1) is 14.7. The van der Waals surface area contributed by atoms with Crippen LogP contribution in [0.15, 0.2) is 39.5 Å². The third kappa shape index (κ3) is 3.90. The number of anilines is 1. The standard InChI is InChI=1S/C24H26N2O4S/c1-4-24(2,3)14-9-10-15-18(12-14)31-22(19(15)20(25)27)26-21(28)16-11-13-7-5-6-8-17(13)30-23(16)29/h5-8,11,14H,4,9-10,12H2,1-3H3,(H2,25,27)(H,26,28)/t14-/m0/s1. The van der Waals surface area contributed by atoms with E-state index in [4.69, 9.17) is 10.2 Å². The molecule has 3 N–H and O–H groups in total. The monoisotopic (exact) mass is 438 g/mol. The van der Waals surface area contributed by atoms with Crippen LogP contribution in [0, 0.1) is 11.3 Å². The Bertz CT molecular complexity index is 1240. The Morgan fingerprint density at radius 3 is 2.74 bits per heavy atom. The predicted molar refractivity (Wildman–Crippen MR) is 123 cm³/mol. The van der Waals surface area contributed by atoms with Gasteiger partial charge in [-0.3, -0.25) is 9.59 Å². The molecule has 0 radical (unpaired) electrons. The van der Waals surface area contributed by atoms with E-state index in [-0.39, 0.29) is 11.0 Å². The molecule has 0 unspecified atom stereocenters. The average Bonchev–Trinajstić information content (AvgIpc) is 3.10. The number of primary amides is 1. The SMILES string of the molecule is CCC(C)(C)[C@H]1CCc2c(sc(NC(=O)c3cc4ccccc4oc3=O)c2C(N)=O)C1. The molecule has 1 aliphatic rings. The summed E-state index contributed by atoms with van der Waals surface area (Å²) >= 11 is 1.39. The van der Waals surface area contributed by atoms with Crippen molar-refractivity contribution in [2.24, 2.45) is 17.1 Å². The molecule has 162 valence electrons. The van der Waals surface area contributed by atoms with Crippen molar-refractivity contribution >= 4 is 39.1 Å². The summed E-state index contributed by atoms with van der Waals surface area (Å²) in [6.07, 6.45) is 3.66. The molecular weight excluding hydrogens is 412 g/mol. The molecule has 2 amide bonds. The Kier molecular flexibility index (Phi) is 5.47. The van der Waals surface area contributed by atoms with Crippen LogP contribution in [-0.4, -0.2) is 11.8 Å². The lowest BCUT2D eigenvalue weighted by Gasteiger charge is -2.36. The highest BCUT2D eigenvalue weighted by Gasteiger charge is 2.35. The molecule has 6 nitrogen and oxygen atoms in total. The van der Waals surface area contributed by atoms with Crippen molar-refractivity contribution in [1.82, 2.24) is 0 Å². The largest absolute Gasteiger partial charge is 0.422 e. The summed E-state index contributed by atoms with van der Waals surface area (Å²) in [6.45, 7) is 6.74. The molecule has 0 saturated carbocycles. The van der Waals surface area contributed by atoms with E-state index in [1.165, 1.54) is 17.4 Å². The molecular formula is C24H26N2O4S. The van der Waals surface area contributed by atoms with Gasteiger partial charge in [0.1, 0.15) is 16.1 Å². The van der Waals surface area contributed by atoms with Crippen LogP contribution in [0.4, 0.5) is 5.00 Å². The molecule has 0 aliphatic heterocycles. The zero-order chi connectivity index (χ0) is 22.3. The quantitative estimate of drug-likeness (QED) is 0.561. The van der Waals surface area contributed by atoms with Gasteiger partial charge in [-0.1, -0.05) is 45.4 Å². The van der Waals surface area contributed by atoms with E-state index in [1.807, 2.05) is 0 Å². The fraction of sp³-hybridized carbons (Fsp3) is 0.375. The smallest absolute Gasteiger partial charge is 0.349 e. The van der Waals surface area contributed by atoms with E-state index in [1.54, 1.807) is 24.3 Å². The number of para-hydroxylation sites is 1. The number of thiophene rings is 1. The highest BCUT2D eigenvalue weighted by Crippen LogP contribution is 2.45. The highest BCUT2D eigenvalue weighted by molar-refractivity contribution is 7.17. The summed E-state index contributed by atoms with van der Waals surface area (Å²) in [5.41, 5.74) is 6.77. The third-order valence-corrected chi connectivity index (χ3v) is 7.81. The number of rotatable bonds is 5. The maximum Gasteiger partial charge on any atom is 0.349 e. The minimum atomic E-state index is -0.720. The van der Waals surface area contributed by atoms with Crippen molar-refractivity contribution in [3.05, 3.63) is 62.3 Å². The van der Waals surface area contributed by atoms with Crippen molar-refractivity contribution in [3.8, 4) is 0 Å². The van der Waals surface area contributed by atoms with Crippen LogP contribution in [0.5, 0.6) is 0 Å². The van der Waals surface area contributed by atoms with Gasteiger partial charge in [0.2, 0.25) is 0 Å². The second-order valence-corrected chi connectivity index (χ2v) is 9.90. The molecule has 31 heavy (non-hydrogen) atoms. The van der Waals surface area contributed by atoms with Gasteiger partial charge in [0.25, 0.3) is 11.8 Å². The maximum atomic E-state index is 12.9.